The Balaban J connectivity index is 2.03. The Morgan fingerprint density at radius 1 is 1.22 bits per heavy atom. The van der Waals surface area contributed by atoms with Crippen molar-refractivity contribution >= 4 is 0 Å². The largest absolute Gasteiger partial charge is 0.310 e. The molecule has 0 radical (unpaired) electrons. The van der Waals surface area contributed by atoms with Gasteiger partial charge >= 0.3 is 0 Å². The zero-order chi connectivity index (χ0) is 13.0. The molecule has 18 heavy (non-hydrogen) atoms. The Labute approximate surface area is 110 Å². The maximum absolute atomic E-state index is 4.49. The molecule has 1 aliphatic carbocycles. The van der Waals surface area contributed by atoms with Gasteiger partial charge in [-0.3, -0.25) is 0 Å². The zero-order valence-electron chi connectivity index (χ0n) is 11.8. The Kier molecular flexibility index (Phi) is 4.70. The smallest absolute Gasteiger partial charge is 0.145 e. The third kappa shape index (κ3) is 3.08. The monoisotopic (exact) mass is 247 g/mol. The highest BCUT2D eigenvalue weighted by Gasteiger charge is 2.28. The van der Waals surface area contributed by atoms with Crippen LogP contribution < -0.4 is 5.32 Å². The topological polar surface area (TPSA) is 37.8 Å². The molecule has 0 aromatic carbocycles. The van der Waals surface area contributed by atoms with Gasteiger partial charge in [0.2, 0.25) is 0 Å². The fourth-order valence-corrected chi connectivity index (χ4v) is 3.07. The van der Waals surface area contributed by atoms with E-state index in [-0.39, 0.29) is 0 Å². The van der Waals surface area contributed by atoms with Gasteiger partial charge in [0.05, 0.1) is 6.04 Å². The summed E-state index contributed by atoms with van der Waals surface area (Å²) in [7, 11) is 2.03. The molecule has 1 aromatic heterocycles. The van der Waals surface area contributed by atoms with Gasteiger partial charge in [-0.1, -0.05) is 26.2 Å². The normalized spacial score (nSPS) is 25.9. The molecule has 0 spiro atoms. The van der Waals surface area contributed by atoms with Gasteiger partial charge < -0.3 is 5.32 Å². The van der Waals surface area contributed by atoms with Crippen LogP contribution in [0.4, 0.5) is 0 Å². The van der Waals surface area contributed by atoms with Crippen molar-refractivity contribution in [2.24, 2.45) is 11.8 Å². The first-order valence-electron chi connectivity index (χ1n) is 7.20. The first-order chi connectivity index (χ1) is 8.74. The van der Waals surface area contributed by atoms with Gasteiger partial charge in [-0.05, 0) is 44.2 Å². The van der Waals surface area contributed by atoms with Crippen molar-refractivity contribution in [3.05, 3.63) is 23.8 Å². The molecule has 0 amide bonds. The maximum Gasteiger partial charge on any atom is 0.145 e. The molecule has 1 fully saturated rings. The maximum atomic E-state index is 4.49. The van der Waals surface area contributed by atoms with Crippen molar-refractivity contribution in [3.63, 3.8) is 0 Å². The van der Waals surface area contributed by atoms with Crippen LogP contribution in [0.5, 0.6) is 0 Å². The molecule has 2 rings (SSSR count). The van der Waals surface area contributed by atoms with E-state index in [1.807, 2.05) is 26.4 Å². The minimum Gasteiger partial charge on any atom is -0.310 e. The summed E-state index contributed by atoms with van der Waals surface area (Å²) >= 11 is 0. The van der Waals surface area contributed by atoms with Crippen LogP contribution in [0.15, 0.2) is 12.4 Å². The molecule has 0 saturated heterocycles. The van der Waals surface area contributed by atoms with Gasteiger partial charge in [0.1, 0.15) is 5.82 Å². The van der Waals surface area contributed by atoms with E-state index in [1.165, 1.54) is 32.1 Å². The van der Waals surface area contributed by atoms with Crippen LogP contribution in [0.25, 0.3) is 0 Å². The van der Waals surface area contributed by atoms with E-state index in [1.54, 1.807) is 0 Å². The van der Waals surface area contributed by atoms with Crippen molar-refractivity contribution < 1.29 is 0 Å². The van der Waals surface area contributed by atoms with Crippen LogP contribution in [0.1, 0.15) is 56.5 Å². The predicted molar refractivity (Wildman–Crippen MR) is 74.3 cm³/mol. The Hall–Kier alpha value is -0.960. The third-order valence-corrected chi connectivity index (χ3v) is 4.33. The number of hydrogen-bond acceptors (Lipinski definition) is 3. The average Bonchev–Trinajstić information content (AvgIpc) is 2.42. The lowest BCUT2D eigenvalue weighted by Gasteiger charge is -2.32. The summed E-state index contributed by atoms with van der Waals surface area (Å²) in [6.07, 6.45) is 10.5. The predicted octanol–water partition coefficient (Wildman–Crippen LogP) is 3.26. The highest BCUT2D eigenvalue weighted by atomic mass is 15.0. The van der Waals surface area contributed by atoms with Gasteiger partial charge in [-0.25, -0.2) is 9.97 Å². The fraction of sp³-hybridized carbons (Fsp3) is 0.733. The van der Waals surface area contributed by atoms with E-state index in [2.05, 4.69) is 22.2 Å². The van der Waals surface area contributed by atoms with Crippen LogP contribution in [0, 0.1) is 18.8 Å². The number of nitrogens with zero attached hydrogens (tertiary/aromatic N) is 2. The number of aromatic nitrogens is 2. The third-order valence-electron chi connectivity index (χ3n) is 4.33. The van der Waals surface area contributed by atoms with Gasteiger partial charge in [-0.2, -0.15) is 0 Å². The molecule has 3 nitrogen and oxygen atoms in total. The summed E-state index contributed by atoms with van der Waals surface area (Å²) in [5.74, 6) is 2.60. The lowest BCUT2D eigenvalue weighted by molar-refractivity contribution is 0.219. The summed E-state index contributed by atoms with van der Waals surface area (Å²) < 4.78 is 0. The summed E-state index contributed by atoms with van der Waals surface area (Å²) in [5, 5.41) is 3.42. The van der Waals surface area contributed by atoms with Gasteiger partial charge in [0.15, 0.2) is 0 Å². The Morgan fingerprint density at radius 3 is 2.33 bits per heavy atom. The highest BCUT2D eigenvalue weighted by molar-refractivity contribution is 5.05. The SMILES string of the molecule is CCC1CCC(C(NC)c2ncc(C)cn2)CC1. The first-order valence-corrected chi connectivity index (χ1v) is 7.20. The van der Waals surface area contributed by atoms with Crippen LogP contribution >= 0.6 is 0 Å². The summed E-state index contributed by atoms with van der Waals surface area (Å²) in [4.78, 5) is 8.98. The van der Waals surface area contributed by atoms with E-state index < -0.39 is 0 Å². The molecule has 0 bridgehead atoms. The number of nitrogens with one attached hydrogen (secondary N) is 1. The van der Waals surface area contributed by atoms with Crippen molar-refractivity contribution in [2.45, 2.75) is 52.0 Å². The van der Waals surface area contributed by atoms with Crippen LogP contribution in [-0.2, 0) is 0 Å². The number of rotatable bonds is 4. The zero-order valence-corrected chi connectivity index (χ0v) is 11.8. The van der Waals surface area contributed by atoms with Crippen molar-refractivity contribution in [3.8, 4) is 0 Å². The van der Waals surface area contributed by atoms with E-state index in [9.17, 15) is 0 Å². The molecule has 1 N–H and O–H groups in total. The molecule has 1 saturated carbocycles. The summed E-state index contributed by atoms with van der Waals surface area (Å²) in [5.41, 5.74) is 1.13. The van der Waals surface area contributed by atoms with Crippen LogP contribution in [0.2, 0.25) is 0 Å². The quantitative estimate of drug-likeness (QED) is 0.887. The minimum absolute atomic E-state index is 0.323. The van der Waals surface area contributed by atoms with Gasteiger partial charge in [-0.15, -0.1) is 0 Å². The van der Waals surface area contributed by atoms with Crippen LogP contribution in [0.3, 0.4) is 0 Å². The molecule has 100 valence electrons. The summed E-state index contributed by atoms with van der Waals surface area (Å²) in [6, 6.07) is 0.323. The molecule has 1 aromatic rings. The number of hydrogen-bond donors (Lipinski definition) is 1. The van der Waals surface area contributed by atoms with E-state index in [0.29, 0.717) is 12.0 Å². The second kappa shape index (κ2) is 6.28. The summed E-state index contributed by atoms with van der Waals surface area (Å²) in [6.45, 7) is 4.34. The molecule has 1 atom stereocenters. The van der Waals surface area contributed by atoms with E-state index in [0.717, 1.165) is 17.3 Å². The molecule has 1 heterocycles. The number of aryl methyl sites for hydroxylation is 1. The fourth-order valence-electron chi connectivity index (χ4n) is 3.07. The average molecular weight is 247 g/mol. The molecule has 3 heteroatoms. The minimum atomic E-state index is 0.323. The Morgan fingerprint density at radius 2 is 1.83 bits per heavy atom. The van der Waals surface area contributed by atoms with Gasteiger partial charge in [0, 0.05) is 12.4 Å². The molecular formula is C15H25N3. The van der Waals surface area contributed by atoms with Crippen molar-refractivity contribution in [1.29, 1.82) is 0 Å². The van der Waals surface area contributed by atoms with E-state index in [4.69, 9.17) is 0 Å². The van der Waals surface area contributed by atoms with E-state index >= 15 is 0 Å². The molecule has 1 unspecified atom stereocenters. The lowest BCUT2D eigenvalue weighted by atomic mass is 9.77. The van der Waals surface area contributed by atoms with Crippen molar-refractivity contribution in [1.82, 2.24) is 15.3 Å². The second-order valence-corrected chi connectivity index (χ2v) is 5.57. The first kappa shape index (κ1) is 13.5. The Bertz CT molecular complexity index is 353. The molecule has 1 aliphatic rings. The van der Waals surface area contributed by atoms with Crippen molar-refractivity contribution in [2.75, 3.05) is 7.05 Å². The van der Waals surface area contributed by atoms with Gasteiger partial charge in [0.25, 0.3) is 0 Å². The molecule has 0 aliphatic heterocycles. The lowest BCUT2D eigenvalue weighted by Crippen LogP contribution is -2.30. The highest BCUT2D eigenvalue weighted by Crippen LogP contribution is 2.36. The van der Waals surface area contributed by atoms with Crippen LogP contribution in [-0.4, -0.2) is 17.0 Å². The standard InChI is InChI=1S/C15H25N3/c1-4-12-5-7-13(8-6-12)14(16-3)15-17-9-11(2)10-18-15/h9-10,12-14,16H,4-8H2,1-3H3. The molecular weight excluding hydrogens is 222 g/mol. The second-order valence-electron chi connectivity index (χ2n) is 5.57.